The number of benzene rings is 1. The third kappa shape index (κ3) is 12.0. The van der Waals surface area contributed by atoms with Crippen LogP contribution in [0.1, 0.15) is 55.8 Å². The van der Waals surface area contributed by atoms with Gasteiger partial charge in [-0.1, -0.05) is 57.2 Å². The molecule has 0 atom stereocenters. The van der Waals surface area contributed by atoms with Crippen LogP contribution < -0.4 is 12.4 Å². The van der Waals surface area contributed by atoms with E-state index in [4.69, 9.17) is 9.47 Å². The number of quaternary nitrogens is 1. The Morgan fingerprint density at radius 2 is 1.60 bits per heavy atom. The van der Waals surface area contributed by atoms with Crippen molar-refractivity contribution in [3.63, 3.8) is 0 Å². The summed E-state index contributed by atoms with van der Waals surface area (Å²) in [7, 11) is 4.19. The minimum Gasteiger partial charge on any atom is -1.00 e. The maximum Gasteiger partial charge on any atom is 0.338 e. The number of hydrogen-bond acceptors (Lipinski definition) is 3. The first kappa shape index (κ1) is 23.9. The molecule has 0 aliphatic rings. The van der Waals surface area contributed by atoms with Crippen LogP contribution in [0.25, 0.3) is 0 Å². The van der Waals surface area contributed by atoms with Gasteiger partial charge in [-0.05, 0) is 18.6 Å². The van der Waals surface area contributed by atoms with E-state index in [0.29, 0.717) is 23.4 Å². The first-order chi connectivity index (χ1) is 11.5. The number of hydrogen-bond donors (Lipinski definition) is 0. The van der Waals surface area contributed by atoms with Crippen LogP contribution in [-0.4, -0.2) is 51.0 Å². The van der Waals surface area contributed by atoms with Crippen LogP contribution >= 0.6 is 0 Å². The van der Waals surface area contributed by atoms with Gasteiger partial charge in [0.25, 0.3) is 0 Å². The molecule has 4 nitrogen and oxygen atoms in total. The molecule has 1 aromatic rings. The zero-order valence-corrected chi connectivity index (χ0v) is 16.8. The Hall–Kier alpha value is -1.10. The molecule has 5 heteroatoms. The van der Waals surface area contributed by atoms with Crippen molar-refractivity contribution >= 4 is 5.97 Å². The highest BCUT2D eigenvalue weighted by atomic mass is 35.5. The van der Waals surface area contributed by atoms with Crippen LogP contribution in [0.2, 0.25) is 0 Å². The van der Waals surface area contributed by atoms with Gasteiger partial charge in [0.15, 0.2) is 6.73 Å². The predicted octanol–water partition coefficient (Wildman–Crippen LogP) is 1.26. The predicted molar refractivity (Wildman–Crippen MR) is 97.9 cm³/mol. The van der Waals surface area contributed by atoms with Gasteiger partial charge in [-0.25, -0.2) is 4.79 Å². The molecule has 0 aromatic heterocycles. The summed E-state index contributed by atoms with van der Waals surface area (Å²) in [5.74, 6) is -0.261. The lowest BCUT2D eigenvalue weighted by molar-refractivity contribution is -0.909. The van der Waals surface area contributed by atoms with Gasteiger partial charge >= 0.3 is 5.97 Å². The van der Waals surface area contributed by atoms with Crippen LogP contribution in [0, 0.1) is 0 Å². The molecule has 0 N–H and O–H groups in total. The van der Waals surface area contributed by atoms with Crippen molar-refractivity contribution in [2.24, 2.45) is 0 Å². The van der Waals surface area contributed by atoms with E-state index in [-0.39, 0.29) is 18.4 Å². The van der Waals surface area contributed by atoms with Gasteiger partial charge in [-0.3, -0.25) is 0 Å². The molecule has 0 radical (unpaired) electrons. The van der Waals surface area contributed by atoms with Gasteiger partial charge < -0.3 is 26.4 Å². The topological polar surface area (TPSA) is 35.5 Å². The van der Waals surface area contributed by atoms with Crippen molar-refractivity contribution in [3.05, 3.63) is 35.9 Å². The van der Waals surface area contributed by atoms with Gasteiger partial charge in [0, 0.05) is 0 Å². The fraction of sp³-hybridized carbons (Fsp3) is 0.650. The SMILES string of the molecule is CCCCCCCCOC[N+](C)(C)CCOC(=O)c1ccccc1.[Cl-]. The summed E-state index contributed by atoms with van der Waals surface area (Å²) in [6.45, 7) is 4.85. The molecule has 0 fully saturated rings. The number of carbonyl (C=O) groups is 1. The number of unbranched alkanes of at least 4 members (excludes halogenated alkanes) is 5. The highest BCUT2D eigenvalue weighted by Gasteiger charge is 2.16. The Bertz CT molecular complexity index is 452. The molecular weight excluding hydrogens is 338 g/mol. The van der Waals surface area contributed by atoms with E-state index >= 15 is 0 Å². The lowest BCUT2D eigenvalue weighted by Crippen LogP contribution is -3.00. The Kier molecular flexibility index (Phi) is 13.5. The molecule has 144 valence electrons. The van der Waals surface area contributed by atoms with Crippen molar-refractivity contribution in [2.75, 3.05) is 40.6 Å². The van der Waals surface area contributed by atoms with Crippen LogP contribution in [0.4, 0.5) is 0 Å². The van der Waals surface area contributed by atoms with Gasteiger partial charge in [-0.15, -0.1) is 0 Å². The van der Waals surface area contributed by atoms with Gasteiger partial charge in [-0.2, -0.15) is 0 Å². The highest BCUT2D eigenvalue weighted by molar-refractivity contribution is 5.89. The maximum atomic E-state index is 11.9. The van der Waals surface area contributed by atoms with Crippen molar-refractivity contribution in [1.82, 2.24) is 0 Å². The fourth-order valence-electron chi connectivity index (χ4n) is 2.40. The quantitative estimate of drug-likeness (QED) is 0.227. The number of rotatable bonds is 13. The zero-order chi connectivity index (χ0) is 17.7. The second-order valence-corrected chi connectivity index (χ2v) is 6.97. The summed E-state index contributed by atoms with van der Waals surface area (Å²) in [6.07, 6.45) is 7.66. The molecule has 1 rings (SSSR count). The Morgan fingerprint density at radius 1 is 0.960 bits per heavy atom. The monoisotopic (exact) mass is 371 g/mol. The van der Waals surface area contributed by atoms with Gasteiger partial charge in [0.1, 0.15) is 13.2 Å². The van der Waals surface area contributed by atoms with E-state index in [1.807, 2.05) is 18.2 Å². The molecule has 0 unspecified atom stereocenters. The normalized spacial score (nSPS) is 11.0. The first-order valence-corrected chi connectivity index (χ1v) is 9.17. The van der Waals surface area contributed by atoms with E-state index in [2.05, 4.69) is 21.0 Å². The second kappa shape index (κ2) is 14.1. The average molecular weight is 372 g/mol. The van der Waals surface area contributed by atoms with E-state index in [1.54, 1.807) is 12.1 Å². The van der Waals surface area contributed by atoms with Crippen LogP contribution in [-0.2, 0) is 9.47 Å². The third-order valence-electron chi connectivity index (χ3n) is 4.02. The molecule has 0 aliphatic heterocycles. The van der Waals surface area contributed by atoms with Gasteiger partial charge in [0.2, 0.25) is 0 Å². The van der Waals surface area contributed by atoms with Crippen molar-refractivity contribution in [2.45, 2.75) is 45.4 Å². The lowest BCUT2D eigenvalue weighted by atomic mass is 10.1. The smallest absolute Gasteiger partial charge is 0.338 e. The van der Waals surface area contributed by atoms with E-state index < -0.39 is 0 Å². The van der Waals surface area contributed by atoms with E-state index in [0.717, 1.165) is 19.6 Å². The van der Waals surface area contributed by atoms with Crippen molar-refractivity contribution in [3.8, 4) is 0 Å². The van der Waals surface area contributed by atoms with E-state index in [1.165, 1.54) is 32.1 Å². The molecule has 0 saturated carbocycles. The second-order valence-electron chi connectivity index (χ2n) is 6.97. The highest BCUT2D eigenvalue weighted by Crippen LogP contribution is 2.06. The summed E-state index contributed by atoms with van der Waals surface area (Å²) in [5.41, 5.74) is 0.599. The van der Waals surface area contributed by atoms with Gasteiger partial charge in [0.05, 0.1) is 26.3 Å². The largest absolute Gasteiger partial charge is 1.00 e. The van der Waals surface area contributed by atoms with Crippen LogP contribution in [0.15, 0.2) is 30.3 Å². The molecule has 0 saturated heterocycles. The minimum atomic E-state index is -0.261. The Morgan fingerprint density at radius 3 is 2.28 bits per heavy atom. The summed E-state index contributed by atoms with van der Waals surface area (Å²) in [5, 5.41) is 0. The summed E-state index contributed by atoms with van der Waals surface area (Å²) < 4.78 is 11.8. The standard InChI is InChI=1S/C20H34NO3.ClH/c1-4-5-6-7-8-12-16-23-18-21(2,3)15-17-24-20(22)19-13-10-9-11-14-19;/h9-11,13-14H,4-8,12,15-18H2,1-3H3;1H/q+1;/p-1. The molecular formula is C20H34ClNO3. The third-order valence-corrected chi connectivity index (χ3v) is 4.02. The van der Waals surface area contributed by atoms with Crippen molar-refractivity contribution < 1.29 is 31.2 Å². The Labute approximate surface area is 159 Å². The number of carbonyl (C=O) groups excluding carboxylic acids is 1. The number of ether oxygens (including phenoxy) is 2. The summed E-state index contributed by atoms with van der Waals surface area (Å²) in [6, 6.07) is 9.11. The fourth-order valence-corrected chi connectivity index (χ4v) is 2.40. The first-order valence-electron chi connectivity index (χ1n) is 9.17. The molecule has 0 bridgehead atoms. The molecule has 0 heterocycles. The number of likely N-dealkylation sites (N-methyl/N-ethyl adjacent to an activating group) is 1. The van der Waals surface area contributed by atoms with Crippen LogP contribution in [0.3, 0.4) is 0 Å². The number of esters is 1. The minimum absolute atomic E-state index is 0. The van der Waals surface area contributed by atoms with Crippen LogP contribution in [0.5, 0.6) is 0 Å². The molecule has 0 aliphatic carbocycles. The molecule has 25 heavy (non-hydrogen) atoms. The number of halogens is 1. The Balaban J connectivity index is 0.00000576. The summed E-state index contributed by atoms with van der Waals surface area (Å²) >= 11 is 0. The van der Waals surface area contributed by atoms with E-state index in [9.17, 15) is 4.79 Å². The van der Waals surface area contributed by atoms with Crippen molar-refractivity contribution in [1.29, 1.82) is 0 Å². The lowest BCUT2D eigenvalue weighted by Gasteiger charge is -2.28. The molecule has 0 amide bonds. The molecule has 1 aromatic carbocycles. The average Bonchev–Trinajstić information content (AvgIpc) is 2.58. The zero-order valence-electron chi connectivity index (χ0n) is 16.0. The maximum absolute atomic E-state index is 11.9. The number of nitrogens with zero attached hydrogens (tertiary/aromatic N) is 1. The summed E-state index contributed by atoms with van der Waals surface area (Å²) in [4.78, 5) is 11.9. The molecule has 0 spiro atoms.